The van der Waals surface area contributed by atoms with E-state index in [1.807, 2.05) is 0 Å². The van der Waals surface area contributed by atoms with Crippen LogP contribution in [0.1, 0.15) is 12.8 Å². The highest BCUT2D eigenvalue weighted by Crippen LogP contribution is 2.31. The van der Waals surface area contributed by atoms with Gasteiger partial charge < -0.3 is 4.90 Å². The lowest BCUT2D eigenvalue weighted by Crippen LogP contribution is -2.50. The maximum atomic E-state index is 12.4. The van der Waals surface area contributed by atoms with Gasteiger partial charge in [0.15, 0.2) is 0 Å². The molecule has 0 radical (unpaired) electrons. The molecular weight excluding hydrogens is 278 g/mol. The van der Waals surface area contributed by atoms with Gasteiger partial charge in [-0.15, -0.1) is 0 Å². The number of nitrogens with zero attached hydrogens (tertiary/aromatic N) is 3. The van der Waals surface area contributed by atoms with Gasteiger partial charge in [-0.25, -0.2) is 8.42 Å². The number of hydrogen-bond acceptors (Lipinski definition) is 4. The number of piperazine rings is 1. The molecule has 20 heavy (non-hydrogen) atoms. The van der Waals surface area contributed by atoms with Crippen LogP contribution >= 0.6 is 0 Å². The monoisotopic (exact) mass is 295 g/mol. The summed E-state index contributed by atoms with van der Waals surface area (Å²) in [5, 5.41) is 0. The first-order chi connectivity index (χ1) is 9.59. The van der Waals surface area contributed by atoms with E-state index in [2.05, 4.69) is 4.98 Å². The molecule has 2 heterocycles. The summed E-state index contributed by atoms with van der Waals surface area (Å²) < 4.78 is 26.2. The first kappa shape index (κ1) is 13.5. The Morgan fingerprint density at radius 2 is 1.90 bits per heavy atom. The summed E-state index contributed by atoms with van der Waals surface area (Å²) in [5.74, 6) is 0.375. The average Bonchev–Trinajstić information content (AvgIpc) is 3.32. The van der Waals surface area contributed by atoms with E-state index in [1.54, 1.807) is 23.2 Å². The van der Waals surface area contributed by atoms with Gasteiger partial charge in [-0.2, -0.15) is 4.31 Å². The largest absolute Gasteiger partial charge is 0.340 e. The lowest BCUT2D eigenvalue weighted by molar-refractivity contribution is -0.133. The van der Waals surface area contributed by atoms with Gasteiger partial charge >= 0.3 is 0 Å². The Hall–Kier alpha value is -1.47. The molecule has 0 aromatic carbocycles. The standard InChI is InChI=1S/C13H17N3O3S/c17-13(11-3-4-11)15-6-8-16(9-7-15)20(18,19)12-2-1-5-14-10-12/h1-2,5,10-11H,3-4,6-9H2. The molecule has 1 amide bonds. The predicted molar refractivity (Wildman–Crippen MR) is 72.3 cm³/mol. The predicted octanol–water partition coefficient (Wildman–Crippen LogP) is 0.324. The molecule has 1 aliphatic heterocycles. The van der Waals surface area contributed by atoms with Gasteiger partial charge in [0.1, 0.15) is 4.90 Å². The van der Waals surface area contributed by atoms with Crippen molar-refractivity contribution in [1.82, 2.24) is 14.2 Å². The lowest BCUT2D eigenvalue weighted by Gasteiger charge is -2.34. The van der Waals surface area contributed by atoms with Crippen molar-refractivity contribution in [2.75, 3.05) is 26.2 Å². The number of rotatable bonds is 3. The summed E-state index contributed by atoms with van der Waals surface area (Å²) in [7, 11) is -3.48. The van der Waals surface area contributed by atoms with Crippen LogP contribution < -0.4 is 0 Å². The molecule has 1 aromatic heterocycles. The van der Waals surface area contributed by atoms with Gasteiger partial charge in [-0.3, -0.25) is 9.78 Å². The van der Waals surface area contributed by atoms with Crippen LogP contribution in [0.15, 0.2) is 29.4 Å². The van der Waals surface area contributed by atoms with Crippen molar-refractivity contribution < 1.29 is 13.2 Å². The SMILES string of the molecule is O=C(C1CC1)N1CCN(S(=O)(=O)c2cccnc2)CC1. The fourth-order valence-electron chi connectivity index (χ4n) is 2.39. The zero-order valence-electron chi connectivity index (χ0n) is 11.1. The van der Waals surface area contributed by atoms with Gasteiger partial charge in [0.05, 0.1) is 0 Å². The van der Waals surface area contributed by atoms with Gasteiger partial charge in [-0.05, 0) is 25.0 Å². The van der Waals surface area contributed by atoms with E-state index >= 15 is 0 Å². The van der Waals surface area contributed by atoms with Crippen LogP contribution in [-0.4, -0.2) is 54.7 Å². The van der Waals surface area contributed by atoms with Crippen molar-refractivity contribution in [3.8, 4) is 0 Å². The number of aromatic nitrogens is 1. The van der Waals surface area contributed by atoms with Crippen molar-refractivity contribution in [3.63, 3.8) is 0 Å². The molecule has 1 aliphatic carbocycles. The highest BCUT2D eigenvalue weighted by molar-refractivity contribution is 7.89. The number of sulfonamides is 1. The number of pyridine rings is 1. The molecule has 0 spiro atoms. The van der Waals surface area contributed by atoms with E-state index in [9.17, 15) is 13.2 Å². The molecule has 1 saturated carbocycles. The summed E-state index contributed by atoms with van der Waals surface area (Å²) >= 11 is 0. The third kappa shape index (κ3) is 2.55. The Morgan fingerprint density at radius 1 is 1.20 bits per heavy atom. The molecule has 3 rings (SSSR count). The molecule has 0 atom stereocenters. The zero-order valence-corrected chi connectivity index (χ0v) is 11.9. The maximum absolute atomic E-state index is 12.4. The van der Waals surface area contributed by atoms with Gasteiger partial charge in [0.2, 0.25) is 15.9 Å². The Morgan fingerprint density at radius 3 is 2.45 bits per heavy atom. The smallest absolute Gasteiger partial charge is 0.244 e. The number of hydrogen-bond donors (Lipinski definition) is 0. The zero-order chi connectivity index (χ0) is 14.2. The molecule has 0 unspecified atom stereocenters. The fraction of sp³-hybridized carbons (Fsp3) is 0.538. The minimum Gasteiger partial charge on any atom is -0.340 e. The third-order valence-electron chi connectivity index (χ3n) is 3.75. The second-order valence-electron chi connectivity index (χ2n) is 5.19. The van der Waals surface area contributed by atoms with Crippen LogP contribution in [0, 0.1) is 5.92 Å². The molecule has 7 heteroatoms. The minimum absolute atomic E-state index is 0.184. The average molecular weight is 295 g/mol. The highest BCUT2D eigenvalue weighted by atomic mass is 32.2. The van der Waals surface area contributed by atoms with Gasteiger partial charge in [-0.1, -0.05) is 0 Å². The van der Waals surface area contributed by atoms with Crippen LogP contribution in [0.2, 0.25) is 0 Å². The van der Waals surface area contributed by atoms with E-state index in [4.69, 9.17) is 0 Å². The summed E-state index contributed by atoms with van der Waals surface area (Å²) in [6.07, 6.45) is 4.86. The normalized spacial score (nSPS) is 20.9. The molecule has 0 N–H and O–H groups in total. The summed E-state index contributed by atoms with van der Waals surface area (Å²) in [4.78, 5) is 17.8. The first-order valence-electron chi connectivity index (χ1n) is 6.78. The molecule has 2 fully saturated rings. The number of amides is 1. The quantitative estimate of drug-likeness (QED) is 0.805. The van der Waals surface area contributed by atoms with Crippen LogP contribution in [0.25, 0.3) is 0 Å². The molecule has 1 aromatic rings. The molecule has 2 aliphatic rings. The van der Waals surface area contributed by atoms with Crippen molar-refractivity contribution >= 4 is 15.9 Å². The lowest BCUT2D eigenvalue weighted by atomic mass is 10.3. The van der Waals surface area contributed by atoms with Gasteiger partial charge in [0, 0.05) is 44.5 Å². The fourth-order valence-corrected chi connectivity index (χ4v) is 3.77. The molecule has 1 saturated heterocycles. The Balaban J connectivity index is 1.67. The van der Waals surface area contributed by atoms with E-state index in [0.29, 0.717) is 26.2 Å². The summed E-state index contributed by atoms with van der Waals surface area (Å²) in [6.45, 7) is 1.68. The third-order valence-corrected chi connectivity index (χ3v) is 5.63. The second-order valence-corrected chi connectivity index (χ2v) is 7.13. The van der Waals surface area contributed by atoms with E-state index in [0.717, 1.165) is 12.8 Å². The first-order valence-corrected chi connectivity index (χ1v) is 8.22. The molecule has 108 valence electrons. The van der Waals surface area contributed by atoms with Crippen LogP contribution in [0.5, 0.6) is 0 Å². The van der Waals surface area contributed by atoms with Crippen LogP contribution in [0.4, 0.5) is 0 Å². The topological polar surface area (TPSA) is 70.6 Å². The van der Waals surface area contributed by atoms with Crippen molar-refractivity contribution in [1.29, 1.82) is 0 Å². The minimum atomic E-state index is -3.48. The second kappa shape index (κ2) is 5.14. The number of carbonyl (C=O) groups excluding carboxylic acids is 1. The van der Waals surface area contributed by atoms with Crippen molar-refractivity contribution in [2.24, 2.45) is 5.92 Å². The van der Waals surface area contributed by atoms with Crippen LogP contribution in [-0.2, 0) is 14.8 Å². The Bertz CT molecular complexity index is 591. The van der Waals surface area contributed by atoms with Gasteiger partial charge in [0.25, 0.3) is 0 Å². The van der Waals surface area contributed by atoms with E-state index in [1.165, 1.54) is 10.5 Å². The van der Waals surface area contributed by atoms with Crippen molar-refractivity contribution in [3.05, 3.63) is 24.5 Å². The van der Waals surface area contributed by atoms with E-state index < -0.39 is 10.0 Å². The summed E-state index contributed by atoms with van der Waals surface area (Å²) in [6, 6.07) is 3.16. The number of carbonyl (C=O) groups is 1. The molecule has 6 nitrogen and oxygen atoms in total. The highest BCUT2D eigenvalue weighted by Gasteiger charge is 2.36. The van der Waals surface area contributed by atoms with E-state index in [-0.39, 0.29) is 16.7 Å². The van der Waals surface area contributed by atoms with Crippen LogP contribution in [0.3, 0.4) is 0 Å². The molecular formula is C13H17N3O3S. The Labute approximate surface area is 118 Å². The maximum Gasteiger partial charge on any atom is 0.244 e. The summed E-state index contributed by atoms with van der Waals surface area (Å²) in [5.41, 5.74) is 0. The van der Waals surface area contributed by atoms with Crippen molar-refractivity contribution in [2.45, 2.75) is 17.7 Å². The molecule has 0 bridgehead atoms. The Kier molecular flexibility index (Phi) is 3.47.